The average molecular weight is 283 g/mol. The Bertz CT molecular complexity index is 292. The lowest BCUT2D eigenvalue weighted by Gasteiger charge is -2.29. The second-order valence-corrected chi connectivity index (χ2v) is 6.71. The van der Waals surface area contributed by atoms with E-state index in [2.05, 4.69) is 37.9 Å². The first kappa shape index (κ1) is 17.4. The number of nitrogens with one attached hydrogen (secondary N) is 1. The molecule has 1 amide bonds. The van der Waals surface area contributed by atoms with Crippen molar-refractivity contribution in [2.45, 2.75) is 47.0 Å². The second-order valence-electron chi connectivity index (χ2n) is 6.71. The minimum atomic E-state index is -0.365. The molecule has 0 saturated carbocycles. The van der Waals surface area contributed by atoms with Crippen molar-refractivity contribution in [1.29, 1.82) is 0 Å². The van der Waals surface area contributed by atoms with Gasteiger partial charge < -0.3 is 16.0 Å². The molecule has 1 rings (SSSR count). The summed E-state index contributed by atoms with van der Waals surface area (Å²) in [5, 5.41) is 3.15. The maximum absolute atomic E-state index is 12.4. The molecule has 0 aliphatic carbocycles. The summed E-state index contributed by atoms with van der Waals surface area (Å²) >= 11 is 0. The van der Waals surface area contributed by atoms with Gasteiger partial charge in [0.05, 0.1) is 5.41 Å². The zero-order valence-corrected chi connectivity index (χ0v) is 13.7. The molecule has 0 radical (unpaired) electrons. The number of amides is 1. The minimum Gasteiger partial charge on any atom is -0.355 e. The summed E-state index contributed by atoms with van der Waals surface area (Å²) in [6, 6.07) is 0. The van der Waals surface area contributed by atoms with Crippen LogP contribution in [0.4, 0.5) is 0 Å². The van der Waals surface area contributed by atoms with E-state index < -0.39 is 0 Å². The van der Waals surface area contributed by atoms with Crippen LogP contribution in [0.25, 0.3) is 0 Å². The smallest absolute Gasteiger partial charge is 0.227 e. The van der Waals surface area contributed by atoms with Crippen LogP contribution in [0.3, 0.4) is 0 Å². The van der Waals surface area contributed by atoms with E-state index in [1.165, 1.54) is 19.5 Å². The van der Waals surface area contributed by atoms with Gasteiger partial charge in [-0.2, -0.15) is 0 Å². The highest BCUT2D eigenvalue weighted by Crippen LogP contribution is 2.25. The van der Waals surface area contributed by atoms with Gasteiger partial charge in [0.15, 0.2) is 0 Å². The first-order chi connectivity index (χ1) is 9.47. The van der Waals surface area contributed by atoms with E-state index in [0.29, 0.717) is 18.4 Å². The van der Waals surface area contributed by atoms with E-state index in [-0.39, 0.29) is 11.3 Å². The number of nitrogens with zero attached hydrogens (tertiary/aromatic N) is 1. The van der Waals surface area contributed by atoms with Crippen molar-refractivity contribution in [2.24, 2.45) is 23.0 Å². The fourth-order valence-corrected chi connectivity index (χ4v) is 3.14. The number of likely N-dealkylation sites (tertiary alicyclic amines) is 1. The van der Waals surface area contributed by atoms with Crippen LogP contribution in [-0.2, 0) is 4.79 Å². The molecule has 3 N–H and O–H groups in total. The Kier molecular flexibility index (Phi) is 6.96. The Morgan fingerprint density at radius 2 is 2.05 bits per heavy atom. The molecular formula is C16H33N3O. The molecule has 4 heteroatoms. The highest BCUT2D eigenvalue weighted by molar-refractivity contribution is 5.82. The van der Waals surface area contributed by atoms with Gasteiger partial charge in [-0.05, 0) is 37.6 Å². The van der Waals surface area contributed by atoms with Crippen LogP contribution in [0.1, 0.15) is 47.0 Å². The van der Waals surface area contributed by atoms with Gasteiger partial charge >= 0.3 is 0 Å². The quantitative estimate of drug-likeness (QED) is 0.715. The van der Waals surface area contributed by atoms with Crippen LogP contribution in [0, 0.1) is 17.3 Å². The third kappa shape index (κ3) is 4.45. The number of rotatable bonds is 8. The first-order valence-electron chi connectivity index (χ1n) is 8.18. The van der Waals surface area contributed by atoms with E-state index in [9.17, 15) is 4.79 Å². The van der Waals surface area contributed by atoms with Crippen molar-refractivity contribution in [3.63, 3.8) is 0 Å². The summed E-state index contributed by atoms with van der Waals surface area (Å²) < 4.78 is 0. The van der Waals surface area contributed by atoms with E-state index in [1.54, 1.807) is 0 Å². The highest BCUT2D eigenvalue weighted by Gasteiger charge is 2.34. The largest absolute Gasteiger partial charge is 0.355 e. The second kappa shape index (κ2) is 7.99. The number of hydrogen-bond donors (Lipinski definition) is 2. The molecule has 1 heterocycles. The maximum Gasteiger partial charge on any atom is 0.227 e. The lowest BCUT2D eigenvalue weighted by molar-refractivity contribution is -0.131. The van der Waals surface area contributed by atoms with Gasteiger partial charge in [0, 0.05) is 26.2 Å². The van der Waals surface area contributed by atoms with Crippen LogP contribution < -0.4 is 11.1 Å². The molecule has 1 unspecified atom stereocenters. The first-order valence-corrected chi connectivity index (χ1v) is 8.18. The summed E-state index contributed by atoms with van der Waals surface area (Å²) in [7, 11) is 0. The third-order valence-corrected chi connectivity index (χ3v) is 4.77. The van der Waals surface area contributed by atoms with Crippen LogP contribution in [0.5, 0.6) is 0 Å². The molecule has 0 aromatic carbocycles. The predicted octanol–water partition coefficient (Wildman–Crippen LogP) is 1.85. The Balaban J connectivity index is 2.39. The van der Waals surface area contributed by atoms with Gasteiger partial charge in [-0.3, -0.25) is 4.79 Å². The fourth-order valence-electron chi connectivity index (χ4n) is 3.14. The Labute approximate surface area is 124 Å². The van der Waals surface area contributed by atoms with Crippen molar-refractivity contribution >= 4 is 5.91 Å². The monoisotopic (exact) mass is 283 g/mol. The summed E-state index contributed by atoms with van der Waals surface area (Å²) in [6.45, 7) is 13.3. The zero-order valence-electron chi connectivity index (χ0n) is 13.7. The van der Waals surface area contributed by atoms with Crippen molar-refractivity contribution in [2.75, 3.05) is 32.7 Å². The SMILES string of the molecule is CCC(CC)(CN)C(=O)NCC1CCN(CC(C)C)C1. The third-order valence-electron chi connectivity index (χ3n) is 4.77. The van der Waals surface area contributed by atoms with Gasteiger partial charge in [0.1, 0.15) is 0 Å². The highest BCUT2D eigenvalue weighted by atomic mass is 16.2. The standard InChI is InChI=1S/C16H33N3O/c1-5-16(6-2,12-17)15(20)18-9-14-7-8-19(11-14)10-13(3)4/h13-14H,5-12,17H2,1-4H3,(H,18,20). The molecule has 0 aromatic heterocycles. The summed E-state index contributed by atoms with van der Waals surface area (Å²) in [6.07, 6.45) is 2.83. The minimum absolute atomic E-state index is 0.146. The molecule has 1 fully saturated rings. The zero-order chi connectivity index (χ0) is 15.2. The molecule has 1 saturated heterocycles. The van der Waals surface area contributed by atoms with E-state index in [1.807, 2.05) is 0 Å². The van der Waals surface area contributed by atoms with Crippen molar-refractivity contribution in [1.82, 2.24) is 10.2 Å². The Morgan fingerprint density at radius 3 is 2.55 bits per heavy atom. The van der Waals surface area contributed by atoms with E-state index in [4.69, 9.17) is 5.73 Å². The van der Waals surface area contributed by atoms with Gasteiger partial charge in [-0.1, -0.05) is 27.7 Å². The molecule has 1 aliphatic rings. The number of carbonyl (C=O) groups excluding carboxylic acids is 1. The number of hydrogen-bond acceptors (Lipinski definition) is 3. The molecule has 118 valence electrons. The topological polar surface area (TPSA) is 58.4 Å². The maximum atomic E-state index is 12.4. The Morgan fingerprint density at radius 1 is 1.40 bits per heavy atom. The molecule has 0 bridgehead atoms. The number of nitrogens with two attached hydrogens (primary N) is 1. The van der Waals surface area contributed by atoms with Gasteiger partial charge in [-0.15, -0.1) is 0 Å². The van der Waals surface area contributed by atoms with E-state index in [0.717, 1.165) is 25.9 Å². The summed E-state index contributed by atoms with van der Waals surface area (Å²) in [5.74, 6) is 1.46. The van der Waals surface area contributed by atoms with Crippen molar-refractivity contribution in [3.8, 4) is 0 Å². The lowest BCUT2D eigenvalue weighted by atomic mass is 9.81. The van der Waals surface area contributed by atoms with Gasteiger partial charge in [0.25, 0.3) is 0 Å². The molecule has 0 spiro atoms. The average Bonchev–Trinajstić information content (AvgIpc) is 2.86. The predicted molar refractivity (Wildman–Crippen MR) is 84.5 cm³/mol. The lowest BCUT2D eigenvalue weighted by Crippen LogP contribution is -2.46. The fraction of sp³-hybridized carbons (Fsp3) is 0.938. The summed E-state index contributed by atoms with van der Waals surface area (Å²) in [5.41, 5.74) is 5.46. The molecule has 20 heavy (non-hydrogen) atoms. The van der Waals surface area contributed by atoms with Crippen LogP contribution >= 0.6 is 0 Å². The van der Waals surface area contributed by atoms with Gasteiger partial charge in [0.2, 0.25) is 5.91 Å². The molecule has 1 aliphatic heterocycles. The van der Waals surface area contributed by atoms with Crippen LogP contribution in [0.2, 0.25) is 0 Å². The van der Waals surface area contributed by atoms with Crippen molar-refractivity contribution in [3.05, 3.63) is 0 Å². The normalized spacial score (nSPS) is 20.6. The van der Waals surface area contributed by atoms with Crippen molar-refractivity contribution < 1.29 is 4.79 Å². The molecule has 1 atom stereocenters. The molecular weight excluding hydrogens is 250 g/mol. The molecule has 4 nitrogen and oxygen atoms in total. The summed E-state index contributed by atoms with van der Waals surface area (Å²) in [4.78, 5) is 14.9. The molecule has 0 aromatic rings. The Hall–Kier alpha value is -0.610. The van der Waals surface area contributed by atoms with Crippen LogP contribution in [-0.4, -0.2) is 43.5 Å². The van der Waals surface area contributed by atoms with Crippen LogP contribution in [0.15, 0.2) is 0 Å². The van der Waals surface area contributed by atoms with E-state index >= 15 is 0 Å². The van der Waals surface area contributed by atoms with Gasteiger partial charge in [-0.25, -0.2) is 0 Å². The number of carbonyl (C=O) groups is 1.